The van der Waals surface area contributed by atoms with Crippen LogP contribution < -0.4 is 0 Å². The second-order valence-corrected chi connectivity index (χ2v) is 11.0. The summed E-state index contributed by atoms with van der Waals surface area (Å²) in [4.78, 5) is 77.8. The number of Topliss-reactive ketones (excluding diaryl/α,β-unsaturated/α-hetero) is 4. The first kappa shape index (κ1) is 27.2. The first-order valence-electron chi connectivity index (χ1n) is 12.9. The third-order valence-electron chi connectivity index (χ3n) is 8.56. The van der Waals surface area contributed by atoms with Crippen LogP contribution in [0.3, 0.4) is 0 Å². The molecule has 4 aliphatic carbocycles. The third-order valence-corrected chi connectivity index (χ3v) is 8.56. The number of hydrogen-bond donors (Lipinski definition) is 6. The quantitative estimate of drug-likeness (QED) is 0.269. The van der Waals surface area contributed by atoms with Gasteiger partial charge in [-0.05, 0) is 26.0 Å². The zero-order valence-electron chi connectivity index (χ0n) is 22.0. The minimum absolute atomic E-state index is 0.0872. The molecule has 2 aromatic carbocycles. The number of aliphatic hydroxyl groups is 2. The number of benzene rings is 2. The minimum atomic E-state index is -1.75. The number of rotatable bonds is 1. The zero-order chi connectivity index (χ0) is 30.7. The van der Waals surface area contributed by atoms with E-state index in [4.69, 9.17) is 0 Å². The van der Waals surface area contributed by atoms with Crippen LogP contribution in [0.25, 0.3) is 0 Å². The zero-order valence-corrected chi connectivity index (χ0v) is 22.0. The molecule has 0 spiro atoms. The summed E-state index contributed by atoms with van der Waals surface area (Å²) >= 11 is 0. The van der Waals surface area contributed by atoms with E-state index in [-0.39, 0.29) is 11.1 Å². The number of aliphatic hydroxyl groups excluding tert-OH is 2. The van der Waals surface area contributed by atoms with E-state index >= 15 is 0 Å². The summed E-state index contributed by atoms with van der Waals surface area (Å²) < 4.78 is 0. The maximum Gasteiger partial charge on any atom is 0.193 e. The van der Waals surface area contributed by atoms with Gasteiger partial charge in [0.25, 0.3) is 0 Å². The molecule has 2 aromatic rings. The lowest BCUT2D eigenvalue weighted by Crippen LogP contribution is -2.41. The van der Waals surface area contributed by atoms with Crippen LogP contribution >= 0.6 is 0 Å². The molecule has 12 nitrogen and oxygen atoms in total. The average molecular weight is 574 g/mol. The van der Waals surface area contributed by atoms with Gasteiger partial charge in [-0.3, -0.25) is 28.8 Å². The number of phenols is 4. The van der Waals surface area contributed by atoms with Gasteiger partial charge in [-0.25, -0.2) is 0 Å². The van der Waals surface area contributed by atoms with Crippen LogP contribution in [0.15, 0.2) is 23.3 Å². The highest BCUT2D eigenvalue weighted by molar-refractivity contribution is 6.29. The van der Waals surface area contributed by atoms with Gasteiger partial charge in [-0.2, -0.15) is 0 Å². The highest BCUT2D eigenvalue weighted by Crippen LogP contribution is 2.57. The summed E-state index contributed by atoms with van der Waals surface area (Å²) in [5.41, 5.74) is -4.94. The maximum atomic E-state index is 13.1. The lowest BCUT2D eigenvalue weighted by molar-refractivity contribution is 0.0443. The van der Waals surface area contributed by atoms with Gasteiger partial charge in [0.1, 0.15) is 23.0 Å². The smallest absolute Gasteiger partial charge is 0.193 e. The molecule has 0 unspecified atom stereocenters. The molecule has 0 bridgehead atoms. The predicted octanol–water partition coefficient (Wildman–Crippen LogP) is 1.92. The van der Waals surface area contributed by atoms with E-state index in [2.05, 4.69) is 0 Å². The number of carbonyl (C=O) groups excluding carboxylic acids is 6. The van der Waals surface area contributed by atoms with Crippen LogP contribution in [0, 0.1) is 0 Å². The van der Waals surface area contributed by atoms with Crippen molar-refractivity contribution in [3.63, 3.8) is 0 Å². The second kappa shape index (κ2) is 8.78. The SMILES string of the molecule is CC1=CC(=O)c2c(O)c3c(c(O)c2C1=O)[C@H]([C@H]1c2c(O)c4c(c(O)c2C(=O)C[C@@H]1O)C(=O)C=C(C)C4=O)[C@@H](O)CC3=O. The Kier molecular flexibility index (Phi) is 5.69. The fraction of sp³-hybridized carbons (Fsp3) is 0.267. The molecule has 0 aromatic heterocycles. The van der Waals surface area contributed by atoms with Crippen molar-refractivity contribution in [2.45, 2.75) is 50.7 Å². The molecule has 214 valence electrons. The molecule has 6 rings (SSSR count). The molecule has 0 amide bonds. The Morgan fingerprint density at radius 1 is 0.524 bits per heavy atom. The van der Waals surface area contributed by atoms with E-state index < -0.39 is 139 Å². The van der Waals surface area contributed by atoms with E-state index in [1.807, 2.05) is 0 Å². The van der Waals surface area contributed by atoms with Crippen LogP contribution in [-0.2, 0) is 0 Å². The van der Waals surface area contributed by atoms with E-state index in [9.17, 15) is 59.4 Å². The summed E-state index contributed by atoms with van der Waals surface area (Å²) in [7, 11) is 0. The van der Waals surface area contributed by atoms with Gasteiger partial charge in [-0.15, -0.1) is 0 Å². The number of carbonyl (C=O) groups is 6. The summed E-state index contributed by atoms with van der Waals surface area (Å²) in [5, 5.41) is 67.5. The lowest BCUT2D eigenvalue weighted by atomic mass is 9.63. The molecule has 0 saturated heterocycles. The Morgan fingerprint density at radius 3 is 1.19 bits per heavy atom. The molecule has 0 saturated carbocycles. The molecule has 6 N–H and O–H groups in total. The number of fused-ring (bicyclic) bond motifs is 4. The summed E-state index contributed by atoms with van der Waals surface area (Å²) in [6.07, 6.45) is -3.05. The second-order valence-electron chi connectivity index (χ2n) is 11.0. The Hall–Kier alpha value is -4.94. The largest absolute Gasteiger partial charge is 0.507 e. The van der Waals surface area contributed by atoms with Crippen LogP contribution in [0.2, 0.25) is 0 Å². The first-order chi connectivity index (χ1) is 19.7. The average Bonchev–Trinajstić information content (AvgIpc) is 2.90. The van der Waals surface area contributed by atoms with Crippen molar-refractivity contribution in [2.24, 2.45) is 0 Å². The number of phenolic OH excluding ortho intramolecular Hbond substituents is 4. The van der Waals surface area contributed by atoms with E-state index in [0.717, 1.165) is 12.2 Å². The summed E-state index contributed by atoms with van der Waals surface area (Å²) in [5.74, 6) is -12.2. The normalized spacial score (nSPS) is 25.0. The van der Waals surface area contributed by atoms with E-state index in [1.165, 1.54) is 13.8 Å². The predicted molar refractivity (Wildman–Crippen MR) is 140 cm³/mol. The number of allylic oxidation sites excluding steroid dienone is 4. The maximum absolute atomic E-state index is 13.1. The van der Waals surface area contributed by atoms with Gasteiger partial charge in [0.15, 0.2) is 34.7 Å². The molecule has 4 aliphatic rings. The number of hydrogen-bond acceptors (Lipinski definition) is 12. The molecule has 42 heavy (non-hydrogen) atoms. The molecule has 12 heteroatoms. The highest BCUT2D eigenvalue weighted by Gasteiger charge is 2.52. The van der Waals surface area contributed by atoms with Gasteiger partial charge in [-0.1, -0.05) is 0 Å². The van der Waals surface area contributed by atoms with E-state index in [0.29, 0.717) is 0 Å². The molecule has 0 fully saturated rings. The van der Waals surface area contributed by atoms with Crippen molar-refractivity contribution in [1.29, 1.82) is 0 Å². The van der Waals surface area contributed by atoms with Crippen molar-refractivity contribution in [3.05, 3.63) is 67.8 Å². The van der Waals surface area contributed by atoms with Crippen molar-refractivity contribution >= 4 is 34.7 Å². The van der Waals surface area contributed by atoms with Crippen LogP contribution in [0.4, 0.5) is 0 Å². The molecular formula is C30H22O12. The molecule has 0 aliphatic heterocycles. The molecule has 0 heterocycles. The molecule has 4 atom stereocenters. The van der Waals surface area contributed by atoms with Crippen LogP contribution in [0.1, 0.15) is 112 Å². The standard InChI is InChI=1S/C30H22O12/c1-7-3-9(31)19-23(25(7)37)29(41)21-15(11(33)5-13(35)17(21)27(19)39)16-12(34)6-14(36)18-22(16)30(42)24-20(28(18)40)10(32)4-8(2)26(24)38/h3-4,11-12,15-16,33-34,39-42H,5-6H2,1-2H3/t11-,12-,15-,16-/m0/s1. The Balaban J connectivity index is 1.70. The highest BCUT2D eigenvalue weighted by atomic mass is 16.3. The van der Waals surface area contributed by atoms with Crippen LogP contribution in [-0.4, -0.2) is 77.5 Å². The monoisotopic (exact) mass is 574 g/mol. The fourth-order valence-electron chi connectivity index (χ4n) is 6.74. The molecule has 0 radical (unpaired) electrons. The Labute approximate surface area is 235 Å². The Bertz CT molecular complexity index is 1710. The summed E-state index contributed by atoms with van der Waals surface area (Å²) in [6.45, 7) is 2.59. The third kappa shape index (κ3) is 3.30. The lowest BCUT2D eigenvalue weighted by Gasteiger charge is -2.42. The van der Waals surface area contributed by atoms with Gasteiger partial charge in [0.2, 0.25) is 0 Å². The van der Waals surface area contributed by atoms with Crippen molar-refractivity contribution in [2.75, 3.05) is 0 Å². The van der Waals surface area contributed by atoms with Crippen molar-refractivity contribution in [3.8, 4) is 23.0 Å². The first-order valence-corrected chi connectivity index (χ1v) is 12.9. The van der Waals surface area contributed by atoms with Gasteiger partial charge >= 0.3 is 0 Å². The number of ketones is 6. The van der Waals surface area contributed by atoms with Gasteiger partial charge in [0.05, 0.1) is 45.6 Å². The summed E-state index contributed by atoms with van der Waals surface area (Å²) in [6, 6.07) is 0. The topological polar surface area (TPSA) is 224 Å². The van der Waals surface area contributed by atoms with Gasteiger partial charge < -0.3 is 30.6 Å². The Morgan fingerprint density at radius 2 is 0.857 bits per heavy atom. The van der Waals surface area contributed by atoms with Crippen LogP contribution in [0.5, 0.6) is 23.0 Å². The van der Waals surface area contributed by atoms with E-state index in [1.54, 1.807) is 0 Å². The minimum Gasteiger partial charge on any atom is -0.507 e. The van der Waals surface area contributed by atoms with Crippen molar-refractivity contribution < 1.29 is 59.4 Å². The number of aromatic hydroxyl groups is 4. The van der Waals surface area contributed by atoms with Crippen molar-refractivity contribution in [1.82, 2.24) is 0 Å². The molecular weight excluding hydrogens is 552 g/mol. The van der Waals surface area contributed by atoms with Gasteiger partial charge in [0, 0.05) is 47.0 Å². The fourth-order valence-corrected chi connectivity index (χ4v) is 6.74.